The molecule has 1 atom stereocenters. The van der Waals surface area contributed by atoms with Gasteiger partial charge >= 0.3 is 0 Å². The Hall–Kier alpha value is -1.39. The van der Waals surface area contributed by atoms with E-state index in [2.05, 4.69) is 5.32 Å². The van der Waals surface area contributed by atoms with Gasteiger partial charge in [-0.15, -0.1) is 0 Å². The van der Waals surface area contributed by atoms with Crippen LogP contribution in [0.1, 0.15) is 30.6 Å². The van der Waals surface area contributed by atoms with Crippen molar-refractivity contribution < 1.29 is 14.6 Å². The van der Waals surface area contributed by atoms with Crippen LogP contribution in [-0.2, 0) is 0 Å². The summed E-state index contributed by atoms with van der Waals surface area (Å²) in [7, 11) is 0. The summed E-state index contributed by atoms with van der Waals surface area (Å²) in [6.07, 6.45) is 0.644. The lowest BCUT2D eigenvalue weighted by molar-refractivity contribution is 0.0946. The summed E-state index contributed by atoms with van der Waals surface area (Å²) in [5.74, 6) is 0.637. The molecule has 0 radical (unpaired) electrons. The molecular weight excluding hydrogens is 230 g/mol. The summed E-state index contributed by atoms with van der Waals surface area (Å²) in [4.78, 5) is 12.2. The molecule has 1 aromatic carbocycles. The second-order valence-corrected chi connectivity index (χ2v) is 4.05. The summed E-state index contributed by atoms with van der Waals surface area (Å²) >= 11 is 0. The average molecular weight is 251 g/mol. The second kappa shape index (κ2) is 7.84. The predicted octanol–water partition coefficient (Wildman–Crippen LogP) is 1.63. The molecule has 1 unspecified atom stereocenters. The number of hydrogen-bond donors (Lipinski definition) is 2. The molecule has 0 spiro atoms. The van der Waals surface area contributed by atoms with Crippen molar-refractivity contribution in [1.82, 2.24) is 5.32 Å². The van der Waals surface area contributed by atoms with Crippen LogP contribution in [-0.4, -0.2) is 36.7 Å². The van der Waals surface area contributed by atoms with E-state index < -0.39 is 0 Å². The molecule has 0 aliphatic rings. The molecule has 1 aromatic rings. The van der Waals surface area contributed by atoms with Crippen LogP contribution >= 0.6 is 0 Å². The minimum atomic E-state index is -0.279. The van der Waals surface area contributed by atoms with E-state index in [1.54, 1.807) is 12.1 Å². The van der Waals surface area contributed by atoms with Gasteiger partial charge < -0.3 is 15.2 Å². The maximum Gasteiger partial charge on any atom is 0.183 e. The van der Waals surface area contributed by atoms with E-state index in [0.717, 1.165) is 0 Å². The number of aliphatic hydroxyl groups is 1. The largest absolute Gasteiger partial charge is 0.493 e. The Morgan fingerprint density at radius 3 is 2.83 bits per heavy atom. The Balaban J connectivity index is 2.70. The maximum atomic E-state index is 12.2. The second-order valence-electron chi connectivity index (χ2n) is 4.05. The van der Waals surface area contributed by atoms with Crippen molar-refractivity contribution >= 4 is 5.78 Å². The standard InChI is InChI=1S/C14H21NO3/c1-3-18-13-8-5-4-7-12(13)14(17)11(2)15-9-6-10-16/h4-5,7-8,11,15-16H,3,6,9-10H2,1-2H3. The molecule has 0 heterocycles. The number of hydrogen-bond acceptors (Lipinski definition) is 4. The van der Waals surface area contributed by atoms with Crippen molar-refractivity contribution in [2.45, 2.75) is 26.3 Å². The predicted molar refractivity (Wildman–Crippen MR) is 71.1 cm³/mol. The first-order valence-electron chi connectivity index (χ1n) is 6.31. The van der Waals surface area contributed by atoms with Crippen molar-refractivity contribution in [3.63, 3.8) is 0 Å². The number of nitrogens with one attached hydrogen (secondary N) is 1. The maximum absolute atomic E-state index is 12.2. The molecule has 0 aliphatic heterocycles. The highest BCUT2D eigenvalue weighted by Crippen LogP contribution is 2.19. The Morgan fingerprint density at radius 1 is 1.44 bits per heavy atom. The molecule has 4 heteroatoms. The summed E-state index contributed by atoms with van der Waals surface area (Å²) in [6.45, 7) is 5.01. The number of benzene rings is 1. The minimum absolute atomic E-state index is 0.0111. The molecule has 100 valence electrons. The fourth-order valence-electron chi connectivity index (χ4n) is 1.68. The number of para-hydroxylation sites is 1. The van der Waals surface area contributed by atoms with Gasteiger partial charge in [-0.3, -0.25) is 4.79 Å². The van der Waals surface area contributed by atoms with Crippen LogP contribution in [0.25, 0.3) is 0 Å². The summed E-state index contributed by atoms with van der Waals surface area (Å²) in [5.41, 5.74) is 0.600. The number of rotatable bonds is 8. The number of ketones is 1. The van der Waals surface area contributed by atoms with Gasteiger partial charge in [0, 0.05) is 6.61 Å². The van der Waals surface area contributed by atoms with Crippen LogP contribution in [0.5, 0.6) is 5.75 Å². The van der Waals surface area contributed by atoms with Gasteiger partial charge in [0.2, 0.25) is 0 Å². The molecule has 0 aromatic heterocycles. The van der Waals surface area contributed by atoms with Crippen molar-refractivity contribution in [3.05, 3.63) is 29.8 Å². The van der Waals surface area contributed by atoms with E-state index in [1.807, 2.05) is 26.0 Å². The van der Waals surface area contributed by atoms with Crippen LogP contribution < -0.4 is 10.1 Å². The third-order valence-corrected chi connectivity index (χ3v) is 2.63. The third kappa shape index (κ3) is 4.13. The third-order valence-electron chi connectivity index (χ3n) is 2.63. The van der Waals surface area contributed by atoms with Crippen molar-refractivity contribution in [1.29, 1.82) is 0 Å². The first-order valence-corrected chi connectivity index (χ1v) is 6.31. The van der Waals surface area contributed by atoms with Crippen molar-refractivity contribution in [2.24, 2.45) is 0 Å². The normalized spacial score (nSPS) is 12.2. The number of carbonyl (C=O) groups is 1. The average Bonchev–Trinajstić information content (AvgIpc) is 2.39. The highest BCUT2D eigenvalue weighted by atomic mass is 16.5. The highest BCUT2D eigenvalue weighted by Gasteiger charge is 2.18. The van der Waals surface area contributed by atoms with E-state index in [0.29, 0.717) is 30.9 Å². The number of Topliss-reactive ketones (excluding diaryl/α,β-unsaturated/α-hetero) is 1. The van der Waals surface area contributed by atoms with Gasteiger partial charge in [-0.1, -0.05) is 12.1 Å². The minimum Gasteiger partial charge on any atom is -0.493 e. The SMILES string of the molecule is CCOc1ccccc1C(=O)C(C)NCCCO. The van der Waals surface area contributed by atoms with Crippen molar-refractivity contribution in [3.8, 4) is 5.75 Å². The summed E-state index contributed by atoms with van der Waals surface area (Å²) in [5, 5.41) is 11.8. The van der Waals surface area contributed by atoms with Crippen LogP contribution in [0.2, 0.25) is 0 Å². The summed E-state index contributed by atoms with van der Waals surface area (Å²) in [6, 6.07) is 6.98. The Labute approximate surface area is 108 Å². The molecule has 0 amide bonds. The number of aliphatic hydroxyl groups excluding tert-OH is 1. The molecule has 0 saturated carbocycles. The number of carbonyl (C=O) groups excluding carboxylic acids is 1. The van der Waals surface area contributed by atoms with E-state index in [1.165, 1.54) is 0 Å². The Kier molecular flexibility index (Phi) is 6.39. The molecule has 0 saturated heterocycles. The van der Waals surface area contributed by atoms with Gasteiger partial charge in [-0.05, 0) is 38.9 Å². The van der Waals surface area contributed by atoms with Crippen LogP contribution in [0.4, 0.5) is 0 Å². The van der Waals surface area contributed by atoms with Gasteiger partial charge in [0.15, 0.2) is 5.78 Å². The highest BCUT2D eigenvalue weighted by molar-refractivity contribution is 6.02. The molecule has 2 N–H and O–H groups in total. The van der Waals surface area contributed by atoms with Gasteiger partial charge in [0.05, 0.1) is 18.2 Å². The monoisotopic (exact) mass is 251 g/mol. The fourth-order valence-corrected chi connectivity index (χ4v) is 1.68. The lowest BCUT2D eigenvalue weighted by atomic mass is 10.0. The van der Waals surface area contributed by atoms with Crippen molar-refractivity contribution in [2.75, 3.05) is 19.8 Å². The van der Waals surface area contributed by atoms with Gasteiger partial charge in [-0.25, -0.2) is 0 Å². The fraction of sp³-hybridized carbons (Fsp3) is 0.500. The van der Waals surface area contributed by atoms with E-state index in [-0.39, 0.29) is 18.4 Å². The van der Waals surface area contributed by atoms with Crippen LogP contribution in [0.3, 0.4) is 0 Å². The van der Waals surface area contributed by atoms with E-state index >= 15 is 0 Å². The quantitative estimate of drug-likeness (QED) is 0.544. The zero-order valence-corrected chi connectivity index (χ0v) is 11.0. The molecular formula is C14H21NO3. The Morgan fingerprint density at radius 2 is 2.17 bits per heavy atom. The van der Waals surface area contributed by atoms with E-state index in [4.69, 9.17) is 9.84 Å². The lowest BCUT2D eigenvalue weighted by Crippen LogP contribution is -2.35. The molecule has 1 rings (SSSR count). The first kappa shape index (κ1) is 14.7. The topological polar surface area (TPSA) is 58.6 Å². The van der Waals surface area contributed by atoms with E-state index in [9.17, 15) is 4.79 Å². The zero-order chi connectivity index (χ0) is 13.4. The lowest BCUT2D eigenvalue weighted by Gasteiger charge is -2.15. The van der Waals surface area contributed by atoms with Crippen LogP contribution in [0.15, 0.2) is 24.3 Å². The summed E-state index contributed by atoms with van der Waals surface area (Å²) < 4.78 is 5.45. The van der Waals surface area contributed by atoms with Crippen LogP contribution in [0, 0.1) is 0 Å². The smallest absolute Gasteiger partial charge is 0.183 e. The zero-order valence-electron chi connectivity index (χ0n) is 11.0. The first-order chi connectivity index (χ1) is 8.70. The molecule has 4 nitrogen and oxygen atoms in total. The van der Waals surface area contributed by atoms with Gasteiger partial charge in [0.1, 0.15) is 5.75 Å². The molecule has 0 aliphatic carbocycles. The Bertz CT molecular complexity index is 379. The van der Waals surface area contributed by atoms with Gasteiger partial charge in [0.25, 0.3) is 0 Å². The number of ether oxygens (including phenoxy) is 1. The molecule has 0 bridgehead atoms. The molecule has 0 fully saturated rings. The van der Waals surface area contributed by atoms with Gasteiger partial charge in [-0.2, -0.15) is 0 Å². The molecule has 18 heavy (non-hydrogen) atoms.